The molecule has 51 heavy (non-hydrogen) atoms. The number of fused-ring (bicyclic) bond motifs is 2. The molecule has 11 heteroatoms. The summed E-state index contributed by atoms with van der Waals surface area (Å²) >= 11 is 0. The van der Waals surface area contributed by atoms with Gasteiger partial charge >= 0.3 is 0 Å². The lowest BCUT2D eigenvalue weighted by molar-refractivity contribution is -0.181. The Morgan fingerprint density at radius 2 is 1.25 bits per heavy atom. The number of nitrogens with zero attached hydrogens (tertiary/aromatic N) is 4. The first-order chi connectivity index (χ1) is 24.4. The van der Waals surface area contributed by atoms with Crippen LogP contribution in [0.3, 0.4) is 0 Å². The highest BCUT2D eigenvalue weighted by atomic mass is 16.7. The van der Waals surface area contributed by atoms with E-state index in [2.05, 4.69) is 21.4 Å². The molecule has 0 radical (unpaired) electrons. The molecule has 4 heterocycles. The van der Waals surface area contributed by atoms with Crippen LogP contribution in [0.4, 0.5) is 0 Å². The van der Waals surface area contributed by atoms with Crippen LogP contribution < -0.4 is 20.5 Å². The predicted octanol–water partition coefficient (Wildman–Crippen LogP) is 6.15. The monoisotopic (exact) mass is 690 g/mol. The fourth-order valence-electron chi connectivity index (χ4n) is 5.36. The molecule has 0 fully saturated rings. The molecular weight excluding hydrogens is 644 g/mol. The number of nitriles is 2. The van der Waals surface area contributed by atoms with Crippen molar-refractivity contribution in [2.75, 3.05) is 13.1 Å². The van der Waals surface area contributed by atoms with Gasteiger partial charge in [-0.3, -0.25) is 14.8 Å². The fourth-order valence-corrected chi connectivity index (χ4v) is 5.36. The van der Waals surface area contributed by atoms with Crippen LogP contribution in [-0.2, 0) is 42.1 Å². The Kier molecular flexibility index (Phi) is 13.4. The minimum absolute atomic E-state index is 0.552. The van der Waals surface area contributed by atoms with E-state index in [9.17, 15) is 4.79 Å². The van der Waals surface area contributed by atoms with Gasteiger partial charge in [0.25, 0.3) is 0 Å². The molecule has 2 aliphatic rings. The third-order valence-electron chi connectivity index (χ3n) is 8.21. The molecule has 11 nitrogen and oxygen atoms in total. The van der Waals surface area contributed by atoms with Crippen LogP contribution in [0.2, 0.25) is 0 Å². The van der Waals surface area contributed by atoms with Gasteiger partial charge < -0.3 is 30.0 Å². The number of aromatic nitrogens is 2. The second kappa shape index (κ2) is 17.7. The average molecular weight is 691 g/mol. The molecule has 0 atom stereocenters. The third-order valence-corrected chi connectivity index (χ3v) is 8.21. The zero-order chi connectivity index (χ0) is 37.0. The Hall–Kier alpha value is -5.17. The normalized spacial score (nSPS) is 14.6. The van der Waals surface area contributed by atoms with Crippen LogP contribution in [0.5, 0.6) is 11.5 Å². The molecule has 4 aromatic rings. The van der Waals surface area contributed by atoms with E-state index < -0.39 is 11.6 Å². The van der Waals surface area contributed by atoms with Crippen LogP contribution in [-0.4, -0.2) is 40.9 Å². The Bertz CT molecular complexity index is 1880. The van der Waals surface area contributed by atoms with Crippen LogP contribution in [0, 0.1) is 36.5 Å². The van der Waals surface area contributed by atoms with E-state index in [1.807, 2.05) is 84.3 Å². The topological polar surface area (TPSA) is 165 Å². The van der Waals surface area contributed by atoms with Gasteiger partial charge in [0.1, 0.15) is 17.8 Å². The number of aryl methyl sites for hydroxylation is 2. The predicted molar refractivity (Wildman–Crippen MR) is 193 cm³/mol. The Morgan fingerprint density at radius 1 is 0.784 bits per heavy atom. The second-order valence-corrected chi connectivity index (χ2v) is 13.1. The summed E-state index contributed by atoms with van der Waals surface area (Å²) in [5.41, 5.74) is 14.9. The van der Waals surface area contributed by atoms with Crippen LogP contribution >= 0.6 is 0 Å². The highest BCUT2D eigenvalue weighted by Crippen LogP contribution is 2.36. The van der Waals surface area contributed by atoms with Crippen LogP contribution in [0.15, 0.2) is 60.9 Å². The van der Waals surface area contributed by atoms with Gasteiger partial charge in [-0.15, -0.1) is 0 Å². The first-order valence-corrected chi connectivity index (χ1v) is 16.8. The summed E-state index contributed by atoms with van der Waals surface area (Å²) in [7, 11) is 0. The van der Waals surface area contributed by atoms with Crippen LogP contribution in [0.25, 0.3) is 0 Å². The number of nitrogens with two attached hydrogens (primary N) is 1. The fraction of sp³-hybridized carbons (Fsp3) is 0.375. The Labute approximate surface area is 300 Å². The van der Waals surface area contributed by atoms with Crippen molar-refractivity contribution < 1.29 is 23.7 Å². The van der Waals surface area contributed by atoms with Gasteiger partial charge in [0.05, 0.1) is 47.9 Å². The number of aldehydes is 1. The number of hydrogen-bond acceptors (Lipinski definition) is 11. The van der Waals surface area contributed by atoms with Crippen molar-refractivity contribution in [2.24, 2.45) is 5.73 Å². The van der Waals surface area contributed by atoms with Gasteiger partial charge in [0.15, 0.2) is 0 Å². The number of nitrogens with one attached hydrogen (secondary N) is 1. The second-order valence-electron chi connectivity index (χ2n) is 13.1. The van der Waals surface area contributed by atoms with Crippen molar-refractivity contribution in [2.45, 2.75) is 85.7 Å². The van der Waals surface area contributed by atoms with E-state index in [1.54, 1.807) is 24.3 Å². The SMILES string of the molecule is Cc1ncc(CCN)c2c1OC(C)(C)OC2.Cc1ncc(CCNCc2ccc(C#N)cc2)c2c1OC(C)(C)OC2.N#Cc1ccc(C=O)cc1. The molecule has 0 bridgehead atoms. The summed E-state index contributed by atoms with van der Waals surface area (Å²) in [5, 5.41) is 20.6. The number of pyridine rings is 2. The maximum Gasteiger partial charge on any atom is 0.205 e. The van der Waals surface area contributed by atoms with Crippen molar-refractivity contribution in [3.63, 3.8) is 0 Å². The molecule has 0 spiro atoms. The minimum atomic E-state index is -0.605. The average Bonchev–Trinajstić information content (AvgIpc) is 3.12. The third kappa shape index (κ3) is 10.9. The van der Waals surface area contributed by atoms with Crippen molar-refractivity contribution >= 4 is 6.29 Å². The number of hydrogen-bond donors (Lipinski definition) is 2. The lowest BCUT2D eigenvalue weighted by Crippen LogP contribution is -2.36. The van der Waals surface area contributed by atoms with E-state index in [0.717, 1.165) is 82.9 Å². The van der Waals surface area contributed by atoms with E-state index in [1.165, 1.54) is 0 Å². The first kappa shape index (κ1) is 38.6. The summed E-state index contributed by atoms with van der Waals surface area (Å²) in [5.74, 6) is 0.551. The summed E-state index contributed by atoms with van der Waals surface area (Å²) < 4.78 is 23.2. The zero-order valence-corrected chi connectivity index (χ0v) is 30.2. The van der Waals surface area contributed by atoms with Crippen LogP contribution in [0.1, 0.15) is 88.4 Å². The molecule has 2 aliphatic heterocycles. The molecule has 2 aromatic carbocycles. The number of carbonyl (C=O) groups is 1. The van der Waals surface area contributed by atoms with Gasteiger partial charge in [-0.25, -0.2) is 0 Å². The van der Waals surface area contributed by atoms with E-state index in [-0.39, 0.29) is 0 Å². The smallest absolute Gasteiger partial charge is 0.205 e. The maximum atomic E-state index is 10.1. The summed E-state index contributed by atoms with van der Waals surface area (Å²) in [4.78, 5) is 18.9. The minimum Gasteiger partial charge on any atom is -0.461 e. The Morgan fingerprint density at radius 3 is 1.71 bits per heavy atom. The van der Waals surface area contributed by atoms with E-state index in [0.29, 0.717) is 36.4 Å². The van der Waals surface area contributed by atoms with Gasteiger partial charge in [0.2, 0.25) is 11.6 Å². The zero-order valence-electron chi connectivity index (χ0n) is 30.2. The van der Waals surface area contributed by atoms with Crippen molar-refractivity contribution in [3.8, 4) is 23.6 Å². The lowest BCUT2D eigenvalue weighted by Gasteiger charge is -2.34. The molecule has 2 aromatic heterocycles. The van der Waals surface area contributed by atoms with E-state index in [4.69, 9.17) is 35.2 Å². The molecule has 0 amide bonds. The number of carbonyl (C=O) groups excluding carboxylic acids is 1. The highest BCUT2D eigenvalue weighted by Gasteiger charge is 2.31. The summed E-state index contributed by atoms with van der Waals surface area (Å²) in [6, 6.07) is 18.2. The highest BCUT2D eigenvalue weighted by molar-refractivity contribution is 5.74. The molecule has 266 valence electrons. The molecule has 6 rings (SSSR count). The van der Waals surface area contributed by atoms with Gasteiger partial charge in [-0.1, -0.05) is 24.3 Å². The molecule has 0 unspecified atom stereocenters. The molecule has 0 saturated heterocycles. The molecular formula is C40H46N6O5. The maximum absolute atomic E-state index is 10.1. The summed E-state index contributed by atoms with van der Waals surface area (Å²) in [6.07, 6.45) is 6.21. The quantitative estimate of drug-likeness (QED) is 0.161. The van der Waals surface area contributed by atoms with Gasteiger partial charge in [-0.2, -0.15) is 10.5 Å². The number of rotatable bonds is 8. The lowest BCUT2D eigenvalue weighted by atomic mass is 10.0. The molecule has 0 saturated carbocycles. The van der Waals surface area contributed by atoms with E-state index >= 15 is 0 Å². The first-order valence-electron chi connectivity index (χ1n) is 16.8. The number of benzene rings is 2. The van der Waals surface area contributed by atoms with Crippen molar-refractivity contribution in [1.29, 1.82) is 10.5 Å². The number of ether oxygens (including phenoxy) is 4. The molecule has 0 aliphatic carbocycles. The van der Waals surface area contributed by atoms with Gasteiger partial charge in [0, 0.05) is 63.3 Å². The Balaban J connectivity index is 0.000000191. The van der Waals surface area contributed by atoms with Crippen molar-refractivity contribution in [1.82, 2.24) is 15.3 Å². The largest absolute Gasteiger partial charge is 0.461 e. The van der Waals surface area contributed by atoms with Gasteiger partial charge in [-0.05, 0) is 80.7 Å². The van der Waals surface area contributed by atoms with Crippen molar-refractivity contribution in [3.05, 3.63) is 117 Å². The summed E-state index contributed by atoms with van der Waals surface area (Å²) in [6.45, 7) is 14.9. The standard InChI is InChI=1S/C20H23N3O2.C12H18N2O2.C8H5NO/c1-14-19-18(13-24-20(2,3)25-19)17(12-23-14)8-9-22-11-16-6-4-15(10-21)5-7-16;1-8-11-10(7-15-12(2,3)16-11)9(4-5-13)6-14-8;9-5-7-1-3-8(6-10)4-2-7/h4-7,12,22H,8-9,11,13H2,1-3H3;6H,4-5,7,13H2,1-3H3;1-4,6H. The molecule has 3 N–H and O–H groups in total.